The smallest absolute Gasteiger partial charge is 0.244 e. The zero-order valence-electron chi connectivity index (χ0n) is 18.2. The van der Waals surface area contributed by atoms with E-state index < -0.39 is 16.1 Å². The molecule has 2 rings (SSSR count). The highest BCUT2D eigenvalue weighted by atomic mass is 32.2. The Bertz CT molecular complexity index is 953. The van der Waals surface area contributed by atoms with Crippen molar-refractivity contribution in [1.29, 1.82) is 0 Å². The van der Waals surface area contributed by atoms with Gasteiger partial charge in [-0.3, -0.25) is 9.10 Å². The van der Waals surface area contributed by atoms with Crippen LogP contribution in [0.25, 0.3) is 0 Å². The molecule has 5 nitrogen and oxygen atoms in total. The molecule has 0 heterocycles. The maximum absolute atomic E-state index is 13.1. The van der Waals surface area contributed by atoms with Gasteiger partial charge in [0.05, 0.1) is 18.0 Å². The van der Waals surface area contributed by atoms with Crippen LogP contribution in [-0.2, 0) is 21.2 Å². The molecule has 0 saturated heterocycles. The van der Waals surface area contributed by atoms with Crippen LogP contribution < -0.4 is 9.62 Å². The molecule has 6 heteroatoms. The van der Waals surface area contributed by atoms with Gasteiger partial charge in [-0.1, -0.05) is 44.2 Å². The van der Waals surface area contributed by atoms with Crippen molar-refractivity contribution in [2.75, 3.05) is 10.6 Å². The van der Waals surface area contributed by atoms with Crippen LogP contribution in [0.5, 0.6) is 0 Å². The minimum Gasteiger partial charge on any atom is -0.348 e. The molecule has 0 radical (unpaired) electrons. The summed E-state index contributed by atoms with van der Waals surface area (Å²) in [5, 5.41) is 2.99. The van der Waals surface area contributed by atoms with Crippen LogP contribution in [0.3, 0.4) is 0 Å². The Morgan fingerprint density at radius 1 is 1.03 bits per heavy atom. The van der Waals surface area contributed by atoms with E-state index in [0.717, 1.165) is 29.4 Å². The number of aryl methyl sites for hydroxylation is 3. The van der Waals surface area contributed by atoms with Gasteiger partial charge < -0.3 is 5.32 Å². The minimum absolute atomic E-state index is 0.219. The Hall–Kier alpha value is -2.34. The van der Waals surface area contributed by atoms with E-state index in [0.29, 0.717) is 12.1 Å². The van der Waals surface area contributed by atoms with Crippen molar-refractivity contribution in [1.82, 2.24) is 5.32 Å². The van der Waals surface area contributed by atoms with Crippen molar-refractivity contribution in [3.63, 3.8) is 0 Å². The molecule has 0 spiro atoms. The van der Waals surface area contributed by atoms with Crippen LogP contribution in [0.15, 0.2) is 42.5 Å². The topological polar surface area (TPSA) is 66.5 Å². The average molecular weight is 417 g/mol. The molecule has 0 fully saturated rings. The van der Waals surface area contributed by atoms with E-state index >= 15 is 0 Å². The summed E-state index contributed by atoms with van der Waals surface area (Å²) >= 11 is 0. The molecule has 2 aromatic carbocycles. The quantitative estimate of drug-likeness (QED) is 0.698. The van der Waals surface area contributed by atoms with Gasteiger partial charge in [-0.2, -0.15) is 0 Å². The van der Waals surface area contributed by atoms with Crippen molar-refractivity contribution >= 4 is 21.6 Å². The highest BCUT2D eigenvalue weighted by molar-refractivity contribution is 7.92. The summed E-state index contributed by atoms with van der Waals surface area (Å²) < 4.78 is 26.4. The van der Waals surface area contributed by atoms with Crippen LogP contribution in [0.1, 0.15) is 55.5 Å². The normalized spacial score (nSPS) is 13.6. The minimum atomic E-state index is -3.64. The molecular weight excluding hydrogens is 384 g/mol. The third kappa shape index (κ3) is 5.60. The fourth-order valence-corrected chi connectivity index (χ4v) is 4.56. The van der Waals surface area contributed by atoms with Gasteiger partial charge >= 0.3 is 0 Å². The summed E-state index contributed by atoms with van der Waals surface area (Å²) in [7, 11) is -3.64. The SMILES string of the molecule is CCc1ccc([C@H](C)NC(=O)[C@@H](CC)N(c2ccc(C)c(C)c2)S(C)(=O)=O)cc1. The monoisotopic (exact) mass is 416 g/mol. The summed E-state index contributed by atoms with van der Waals surface area (Å²) in [6.07, 6.45) is 2.47. The molecule has 0 aromatic heterocycles. The Kier molecular flexibility index (Phi) is 7.47. The molecule has 0 aliphatic rings. The lowest BCUT2D eigenvalue weighted by Gasteiger charge is -2.31. The van der Waals surface area contributed by atoms with Gasteiger partial charge in [0.25, 0.3) is 0 Å². The van der Waals surface area contributed by atoms with Crippen molar-refractivity contribution in [3.8, 4) is 0 Å². The van der Waals surface area contributed by atoms with E-state index in [2.05, 4.69) is 12.2 Å². The number of benzene rings is 2. The van der Waals surface area contributed by atoms with E-state index in [1.807, 2.05) is 64.1 Å². The summed E-state index contributed by atoms with van der Waals surface area (Å²) in [6, 6.07) is 12.5. The summed E-state index contributed by atoms with van der Waals surface area (Å²) in [5.41, 5.74) is 4.79. The van der Waals surface area contributed by atoms with Crippen LogP contribution >= 0.6 is 0 Å². The van der Waals surface area contributed by atoms with Crippen molar-refractivity contribution in [2.24, 2.45) is 0 Å². The first-order valence-electron chi connectivity index (χ1n) is 10.0. The first-order valence-corrected chi connectivity index (χ1v) is 11.9. The zero-order valence-corrected chi connectivity index (χ0v) is 19.0. The number of carbonyl (C=O) groups is 1. The Balaban J connectivity index is 2.30. The fourth-order valence-electron chi connectivity index (χ4n) is 3.36. The van der Waals surface area contributed by atoms with Gasteiger partial charge in [-0.25, -0.2) is 8.42 Å². The number of amides is 1. The Morgan fingerprint density at radius 3 is 2.14 bits per heavy atom. The molecular formula is C23H32N2O3S. The number of carbonyl (C=O) groups excluding carboxylic acids is 1. The largest absolute Gasteiger partial charge is 0.348 e. The Morgan fingerprint density at radius 2 is 1.66 bits per heavy atom. The number of rotatable bonds is 8. The lowest BCUT2D eigenvalue weighted by atomic mass is 10.0. The number of hydrogen-bond acceptors (Lipinski definition) is 3. The number of nitrogens with one attached hydrogen (secondary N) is 1. The molecule has 0 aliphatic carbocycles. The van der Waals surface area contributed by atoms with E-state index in [9.17, 15) is 13.2 Å². The number of nitrogens with zero attached hydrogens (tertiary/aromatic N) is 1. The lowest BCUT2D eigenvalue weighted by Crippen LogP contribution is -2.49. The fraction of sp³-hybridized carbons (Fsp3) is 0.435. The average Bonchev–Trinajstić information content (AvgIpc) is 2.67. The molecule has 0 bridgehead atoms. The molecule has 0 saturated carbocycles. The third-order valence-corrected chi connectivity index (χ3v) is 6.50. The lowest BCUT2D eigenvalue weighted by molar-refractivity contribution is -0.122. The van der Waals surface area contributed by atoms with E-state index in [4.69, 9.17) is 0 Å². The van der Waals surface area contributed by atoms with Gasteiger partial charge in [-0.05, 0) is 68.0 Å². The van der Waals surface area contributed by atoms with E-state index in [1.54, 1.807) is 6.07 Å². The van der Waals surface area contributed by atoms with Crippen LogP contribution in [0.2, 0.25) is 0 Å². The molecule has 158 valence electrons. The summed E-state index contributed by atoms with van der Waals surface area (Å²) in [6.45, 7) is 9.73. The van der Waals surface area contributed by atoms with Crippen LogP contribution in [-0.4, -0.2) is 26.6 Å². The maximum atomic E-state index is 13.1. The second-order valence-corrected chi connectivity index (χ2v) is 9.44. The molecule has 1 amide bonds. The van der Waals surface area contributed by atoms with Gasteiger partial charge in [0.1, 0.15) is 6.04 Å². The molecule has 29 heavy (non-hydrogen) atoms. The number of anilines is 1. The first kappa shape index (κ1) is 22.9. The second-order valence-electron chi connectivity index (χ2n) is 7.58. The highest BCUT2D eigenvalue weighted by Crippen LogP contribution is 2.25. The maximum Gasteiger partial charge on any atom is 0.244 e. The summed E-state index contributed by atoms with van der Waals surface area (Å²) in [4.78, 5) is 13.1. The zero-order chi connectivity index (χ0) is 21.8. The standard InChI is InChI=1S/C23H32N2O3S/c1-7-19-10-12-20(13-11-19)18(5)24-23(26)22(8-2)25(29(6,27)28)21-14-9-16(3)17(4)15-21/h9-15,18,22H,7-8H2,1-6H3,(H,24,26)/t18-,22+/m0/s1. The van der Waals surface area contributed by atoms with Crippen molar-refractivity contribution < 1.29 is 13.2 Å². The molecule has 0 aliphatic heterocycles. The number of hydrogen-bond donors (Lipinski definition) is 1. The van der Waals surface area contributed by atoms with Gasteiger partial charge in [0.2, 0.25) is 15.9 Å². The first-order chi connectivity index (χ1) is 13.6. The van der Waals surface area contributed by atoms with Crippen LogP contribution in [0.4, 0.5) is 5.69 Å². The molecule has 0 unspecified atom stereocenters. The highest BCUT2D eigenvalue weighted by Gasteiger charge is 2.32. The van der Waals surface area contributed by atoms with E-state index in [-0.39, 0.29) is 11.9 Å². The Labute approximate surface area is 175 Å². The molecule has 2 aromatic rings. The predicted molar refractivity (Wildman–Crippen MR) is 120 cm³/mol. The van der Waals surface area contributed by atoms with Crippen molar-refractivity contribution in [2.45, 2.75) is 59.5 Å². The van der Waals surface area contributed by atoms with Gasteiger partial charge in [0.15, 0.2) is 0 Å². The molecule has 2 atom stereocenters. The summed E-state index contributed by atoms with van der Waals surface area (Å²) in [5.74, 6) is -0.303. The van der Waals surface area contributed by atoms with Crippen LogP contribution in [0, 0.1) is 13.8 Å². The van der Waals surface area contributed by atoms with Gasteiger partial charge in [-0.15, -0.1) is 0 Å². The van der Waals surface area contributed by atoms with Gasteiger partial charge in [0, 0.05) is 0 Å². The molecule has 1 N–H and O–H groups in total. The second kappa shape index (κ2) is 9.44. The van der Waals surface area contributed by atoms with Crippen molar-refractivity contribution in [3.05, 3.63) is 64.7 Å². The number of sulfonamides is 1. The third-order valence-electron chi connectivity index (χ3n) is 5.32. The predicted octanol–water partition coefficient (Wildman–Crippen LogP) is 4.29. The van der Waals surface area contributed by atoms with E-state index in [1.165, 1.54) is 9.87 Å².